The molecule has 1 atom stereocenters. The second-order valence-electron chi connectivity index (χ2n) is 2.93. The maximum atomic E-state index is 13.8. The molecule has 1 aromatic heterocycles. The molecule has 92 valence electrons. The first-order chi connectivity index (χ1) is 8.02. The number of halogens is 2. The van der Waals surface area contributed by atoms with E-state index in [1.54, 1.807) is 6.92 Å². The molecular formula is C10H9ClFNO3S. The van der Waals surface area contributed by atoms with Gasteiger partial charge in [-0.25, -0.2) is 13.4 Å². The minimum atomic E-state index is -2.05. The molecule has 0 N–H and O–H groups in total. The highest BCUT2D eigenvalue weighted by atomic mass is 35.7. The van der Waals surface area contributed by atoms with Crippen LogP contribution in [0.4, 0.5) is 4.39 Å². The van der Waals surface area contributed by atoms with Crippen LogP contribution in [-0.4, -0.2) is 21.4 Å². The van der Waals surface area contributed by atoms with Crippen LogP contribution in [0.1, 0.15) is 17.4 Å². The molecule has 0 spiro atoms. The van der Waals surface area contributed by atoms with Crippen molar-refractivity contribution in [1.29, 1.82) is 0 Å². The van der Waals surface area contributed by atoms with Crippen molar-refractivity contribution in [3.05, 3.63) is 17.7 Å². The van der Waals surface area contributed by atoms with Gasteiger partial charge in [-0.05, 0) is 17.6 Å². The zero-order valence-corrected chi connectivity index (χ0v) is 10.5. The smallest absolute Gasteiger partial charge is 0.358 e. The Morgan fingerprint density at radius 1 is 1.76 bits per heavy atom. The van der Waals surface area contributed by atoms with E-state index in [1.165, 1.54) is 0 Å². The summed E-state index contributed by atoms with van der Waals surface area (Å²) in [6, 6.07) is 0. The van der Waals surface area contributed by atoms with E-state index < -0.39 is 21.8 Å². The summed E-state index contributed by atoms with van der Waals surface area (Å²) < 4.78 is 30.6. The summed E-state index contributed by atoms with van der Waals surface area (Å²) in [4.78, 5) is 11.2. The minimum absolute atomic E-state index is 0.0425. The fraction of sp³-hybridized carbons (Fsp3) is 0.300. The van der Waals surface area contributed by atoms with E-state index in [4.69, 9.17) is 17.1 Å². The van der Waals surface area contributed by atoms with Crippen molar-refractivity contribution in [3.63, 3.8) is 0 Å². The van der Waals surface area contributed by atoms with Crippen LogP contribution in [-0.2, 0) is 21.3 Å². The standard InChI is InChI=1S/C10H9ClFNO3S/c1-3-5-13-6-7(17(11)15)8(12)9(13)10(14)16-4-2/h1,6H,4-5H2,2H3. The van der Waals surface area contributed by atoms with Crippen LogP contribution < -0.4 is 0 Å². The molecule has 0 bridgehead atoms. The molecule has 0 aliphatic rings. The van der Waals surface area contributed by atoms with Crippen molar-refractivity contribution in [3.8, 4) is 12.3 Å². The van der Waals surface area contributed by atoms with Gasteiger partial charge < -0.3 is 9.30 Å². The molecular weight excluding hydrogens is 269 g/mol. The summed E-state index contributed by atoms with van der Waals surface area (Å²) >= 11 is 0. The van der Waals surface area contributed by atoms with Crippen LogP contribution in [0.15, 0.2) is 11.1 Å². The van der Waals surface area contributed by atoms with Gasteiger partial charge in [-0.3, -0.25) is 0 Å². The lowest BCUT2D eigenvalue weighted by atomic mass is 10.4. The number of nitrogens with zero attached hydrogens (tertiary/aromatic N) is 1. The molecule has 17 heavy (non-hydrogen) atoms. The third kappa shape index (κ3) is 2.87. The first-order valence-electron chi connectivity index (χ1n) is 4.60. The highest BCUT2D eigenvalue weighted by molar-refractivity contribution is 8.08. The highest BCUT2D eigenvalue weighted by Gasteiger charge is 2.25. The van der Waals surface area contributed by atoms with Gasteiger partial charge >= 0.3 is 5.97 Å². The summed E-state index contributed by atoms with van der Waals surface area (Å²) in [5.41, 5.74) is -0.367. The third-order valence-corrected chi connectivity index (χ3v) is 3.02. The number of esters is 1. The first-order valence-corrected chi connectivity index (χ1v) is 6.57. The van der Waals surface area contributed by atoms with Gasteiger partial charge in [0.15, 0.2) is 21.5 Å². The zero-order valence-electron chi connectivity index (χ0n) is 8.91. The number of aromatic nitrogens is 1. The molecule has 0 aliphatic heterocycles. The van der Waals surface area contributed by atoms with Crippen LogP contribution in [0.25, 0.3) is 0 Å². The number of ether oxygens (including phenoxy) is 1. The van der Waals surface area contributed by atoms with Gasteiger partial charge in [-0.15, -0.1) is 6.42 Å². The molecule has 4 nitrogen and oxygen atoms in total. The summed E-state index contributed by atoms with van der Waals surface area (Å²) in [6.45, 7) is 1.64. The summed E-state index contributed by atoms with van der Waals surface area (Å²) in [5, 5.41) is 0. The summed E-state index contributed by atoms with van der Waals surface area (Å²) in [6.07, 6.45) is 6.23. The van der Waals surface area contributed by atoms with E-state index in [2.05, 4.69) is 10.7 Å². The van der Waals surface area contributed by atoms with Gasteiger partial charge in [0.05, 0.1) is 13.2 Å². The molecule has 1 rings (SSSR count). The Morgan fingerprint density at radius 2 is 2.41 bits per heavy atom. The van der Waals surface area contributed by atoms with Crippen LogP contribution in [0.5, 0.6) is 0 Å². The summed E-state index contributed by atoms with van der Waals surface area (Å²) in [5.74, 6) is 0.415. The lowest BCUT2D eigenvalue weighted by Crippen LogP contribution is -2.13. The van der Waals surface area contributed by atoms with Crippen molar-refractivity contribution in [1.82, 2.24) is 4.57 Å². The van der Waals surface area contributed by atoms with Gasteiger partial charge in [0.1, 0.15) is 4.90 Å². The number of rotatable bonds is 4. The van der Waals surface area contributed by atoms with Gasteiger partial charge in [0, 0.05) is 6.20 Å². The van der Waals surface area contributed by atoms with E-state index in [0.717, 1.165) is 10.8 Å². The van der Waals surface area contributed by atoms with Gasteiger partial charge in [0.2, 0.25) is 0 Å². The number of hydrogen-bond donors (Lipinski definition) is 0. The van der Waals surface area contributed by atoms with Crippen molar-refractivity contribution in [2.45, 2.75) is 18.4 Å². The number of hydrogen-bond acceptors (Lipinski definition) is 3. The van der Waals surface area contributed by atoms with Gasteiger partial charge in [-0.1, -0.05) is 5.92 Å². The zero-order chi connectivity index (χ0) is 13.0. The van der Waals surface area contributed by atoms with Gasteiger partial charge in [-0.2, -0.15) is 0 Å². The van der Waals surface area contributed by atoms with Crippen LogP contribution in [0.2, 0.25) is 0 Å². The molecule has 0 aliphatic carbocycles. The quantitative estimate of drug-likeness (QED) is 0.478. The second-order valence-corrected chi connectivity index (χ2v) is 4.66. The van der Waals surface area contributed by atoms with E-state index in [9.17, 15) is 13.4 Å². The van der Waals surface area contributed by atoms with Crippen LogP contribution in [0.3, 0.4) is 0 Å². The second kappa shape index (κ2) is 5.84. The largest absolute Gasteiger partial charge is 0.461 e. The maximum Gasteiger partial charge on any atom is 0.358 e. The Hall–Kier alpha value is -1.32. The summed E-state index contributed by atoms with van der Waals surface area (Å²) in [7, 11) is 3.24. The Bertz CT molecular complexity index is 506. The van der Waals surface area contributed by atoms with Crippen LogP contribution in [0, 0.1) is 18.2 Å². The molecule has 0 aromatic carbocycles. The van der Waals surface area contributed by atoms with Crippen molar-refractivity contribution in [2.24, 2.45) is 0 Å². The molecule has 0 saturated heterocycles. The SMILES string of the molecule is C#CCn1cc(S(=O)Cl)c(F)c1C(=O)OCC. The van der Waals surface area contributed by atoms with E-state index in [-0.39, 0.29) is 23.7 Å². The van der Waals surface area contributed by atoms with Crippen molar-refractivity contribution in [2.75, 3.05) is 6.61 Å². The van der Waals surface area contributed by atoms with Crippen molar-refractivity contribution >= 4 is 26.7 Å². The number of carbonyl (C=O) groups excluding carboxylic acids is 1. The molecule has 1 aromatic rings. The molecule has 0 saturated carbocycles. The molecule has 1 unspecified atom stereocenters. The Morgan fingerprint density at radius 3 is 2.88 bits per heavy atom. The number of terminal acetylenes is 1. The van der Waals surface area contributed by atoms with Crippen molar-refractivity contribution < 1.29 is 18.1 Å². The molecule has 1 heterocycles. The molecule has 0 radical (unpaired) electrons. The first kappa shape index (κ1) is 13.7. The fourth-order valence-electron chi connectivity index (χ4n) is 1.25. The lowest BCUT2D eigenvalue weighted by Gasteiger charge is -2.04. The van der Waals surface area contributed by atoms with Crippen LogP contribution >= 0.6 is 10.7 Å². The average molecular weight is 278 g/mol. The third-order valence-electron chi connectivity index (χ3n) is 1.89. The van der Waals surface area contributed by atoms with Gasteiger partial charge in [0.25, 0.3) is 0 Å². The highest BCUT2D eigenvalue weighted by Crippen LogP contribution is 2.22. The average Bonchev–Trinajstić information content (AvgIpc) is 2.56. The fourth-order valence-corrected chi connectivity index (χ4v) is 2.02. The Labute approximate surface area is 105 Å². The molecule has 0 fully saturated rings. The van der Waals surface area contributed by atoms with E-state index >= 15 is 0 Å². The Balaban J connectivity index is 3.30. The maximum absolute atomic E-state index is 13.8. The predicted octanol–water partition coefficient (Wildman–Crippen LogP) is 1.70. The molecule has 7 heteroatoms. The Kier molecular flexibility index (Phi) is 4.73. The number of carbonyl (C=O) groups is 1. The lowest BCUT2D eigenvalue weighted by molar-refractivity contribution is 0.0508. The molecule has 0 amide bonds. The minimum Gasteiger partial charge on any atom is -0.461 e. The van der Waals surface area contributed by atoms with E-state index in [0.29, 0.717) is 0 Å². The normalized spacial score (nSPS) is 11.9. The monoisotopic (exact) mass is 277 g/mol. The topological polar surface area (TPSA) is 48.3 Å². The van der Waals surface area contributed by atoms with E-state index in [1.807, 2.05) is 0 Å². The predicted molar refractivity (Wildman–Crippen MR) is 61.4 cm³/mol.